The number of rotatable bonds is 2. The molecule has 0 N–H and O–H groups in total. The molecule has 0 fully saturated rings. The molecular weight excluding hydrogens is 103 g/mol. The van der Waals surface area contributed by atoms with Crippen LogP contribution in [0.1, 0.15) is 13.3 Å². The van der Waals surface area contributed by atoms with Crippen LogP contribution < -0.4 is 0 Å². The highest BCUT2D eigenvalue weighted by Gasteiger charge is 2.08. The molecule has 2 nitrogen and oxygen atoms in total. The molecule has 0 spiro atoms. The van der Waals surface area contributed by atoms with Crippen LogP contribution in [0.15, 0.2) is 0 Å². The van der Waals surface area contributed by atoms with E-state index in [2.05, 4.69) is 4.74 Å². The number of ether oxygens (including phenoxy) is 1. The van der Waals surface area contributed by atoms with Crippen molar-refractivity contribution >= 4 is 13.8 Å². The normalized spacial score (nSPS) is 12.8. The van der Waals surface area contributed by atoms with Crippen LogP contribution in [0.2, 0.25) is 5.82 Å². The van der Waals surface area contributed by atoms with Gasteiger partial charge in [0.25, 0.3) is 5.97 Å². The second kappa shape index (κ2) is 3.53. The molecule has 0 radical (unpaired) electrons. The number of esters is 1. The van der Waals surface area contributed by atoms with Crippen LogP contribution in [-0.4, -0.2) is 20.9 Å². The zero-order chi connectivity index (χ0) is 6.57. The fourth-order valence-electron chi connectivity index (χ4n) is 0.368. The van der Waals surface area contributed by atoms with Crippen molar-refractivity contribution in [3.05, 3.63) is 0 Å². The van der Waals surface area contributed by atoms with Crippen molar-refractivity contribution in [2.24, 2.45) is 0 Å². The number of methoxy groups -OCH3 is 1. The molecule has 0 saturated heterocycles. The molecule has 3 heteroatoms. The molecule has 0 heterocycles. The number of carbonyl (C=O) groups excluding carboxylic acids is 1. The average molecular weight is 114 g/mol. The van der Waals surface area contributed by atoms with Crippen molar-refractivity contribution in [3.63, 3.8) is 0 Å². The molecule has 0 saturated carbocycles. The maximum Gasteiger partial charge on any atom is 0.300 e. The topological polar surface area (TPSA) is 26.3 Å². The van der Waals surface area contributed by atoms with Crippen LogP contribution in [0.25, 0.3) is 0 Å². The smallest absolute Gasteiger partial charge is 0.300 e. The molecule has 0 aliphatic rings. The van der Waals surface area contributed by atoms with Crippen LogP contribution >= 0.6 is 0 Å². The highest BCUT2D eigenvalue weighted by atomic mass is 16.5. The van der Waals surface area contributed by atoms with Gasteiger partial charge in [0, 0.05) is 5.82 Å². The molecule has 0 aromatic carbocycles. The van der Waals surface area contributed by atoms with Gasteiger partial charge in [0.05, 0.1) is 7.11 Å². The van der Waals surface area contributed by atoms with Gasteiger partial charge < -0.3 is 4.74 Å². The van der Waals surface area contributed by atoms with Gasteiger partial charge in [-0.2, -0.15) is 0 Å². The van der Waals surface area contributed by atoms with E-state index in [0.717, 1.165) is 6.42 Å². The van der Waals surface area contributed by atoms with E-state index in [1.54, 1.807) is 0 Å². The summed E-state index contributed by atoms with van der Waals surface area (Å²) >= 11 is 0. The van der Waals surface area contributed by atoms with Crippen molar-refractivity contribution < 1.29 is 9.53 Å². The number of carbonyl (C=O) groups is 1. The second-order valence-electron chi connectivity index (χ2n) is 1.83. The maximum absolute atomic E-state index is 10.5. The lowest BCUT2D eigenvalue weighted by molar-refractivity contribution is -0.140. The first-order valence-electron chi connectivity index (χ1n) is 2.80. The van der Waals surface area contributed by atoms with Crippen molar-refractivity contribution in [2.75, 3.05) is 7.11 Å². The van der Waals surface area contributed by atoms with Gasteiger partial charge in [-0.15, -0.1) is 0 Å². The first-order valence-corrected chi connectivity index (χ1v) is 2.80. The van der Waals surface area contributed by atoms with Crippen molar-refractivity contribution in [1.82, 2.24) is 0 Å². The van der Waals surface area contributed by atoms with Gasteiger partial charge in [0.2, 0.25) is 0 Å². The molecule has 0 amide bonds. The van der Waals surface area contributed by atoms with Gasteiger partial charge in [0.15, 0.2) is 0 Å². The minimum absolute atomic E-state index is 0.0556. The van der Waals surface area contributed by atoms with Gasteiger partial charge in [-0.1, -0.05) is 13.3 Å². The molecule has 0 aliphatic carbocycles. The fourth-order valence-corrected chi connectivity index (χ4v) is 0.368. The lowest BCUT2D eigenvalue weighted by atomic mass is 9.85. The SMILES string of the molecule is BC(CC)C(=O)OC. The average Bonchev–Trinajstić information content (AvgIpc) is 1.84. The highest BCUT2D eigenvalue weighted by molar-refractivity contribution is 6.22. The Morgan fingerprint density at radius 3 is 2.50 bits per heavy atom. The molecule has 8 heavy (non-hydrogen) atoms. The largest absolute Gasteiger partial charge is 0.469 e. The van der Waals surface area contributed by atoms with E-state index in [0.29, 0.717) is 0 Å². The van der Waals surface area contributed by atoms with Crippen LogP contribution in [0.3, 0.4) is 0 Å². The van der Waals surface area contributed by atoms with Crippen LogP contribution in [0.5, 0.6) is 0 Å². The molecule has 1 unspecified atom stereocenters. The number of hydrogen-bond acceptors (Lipinski definition) is 2. The summed E-state index contributed by atoms with van der Waals surface area (Å²) < 4.78 is 4.46. The van der Waals surface area contributed by atoms with E-state index in [1.807, 2.05) is 14.8 Å². The zero-order valence-electron chi connectivity index (χ0n) is 5.60. The van der Waals surface area contributed by atoms with Crippen molar-refractivity contribution in [1.29, 1.82) is 0 Å². The van der Waals surface area contributed by atoms with E-state index < -0.39 is 0 Å². The molecule has 46 valence electrons. The predicted octanol–water partition coefficient (Wildman–Crippen LogP) is -0.00900. The summed E-state index contributed by atoms with van der Waals surface area (Å²) in [6, 6.07) is 0. The van der Waals surface area contributed by atoms with Gasteiger partial charge >= 0.3 is 0 Å². The Morgan fingerprint density at radius 1 is 1.88 bits per heavy atom. The molecule has 0 bridgehead atoms. The Kier molecular flexibility index (Phi) is 3.32. The maximum atomic E-state index is 10.5. The minimum atomic E-state index is -0.118. The van der Waals surface area contributed by atoms with Gasteiger partial charge in [-0.05, 0) is 0 Å². The van der Waals surface area contributed by atoms with Crippen LogP contribution in [0, 0.1) is 0 Å². The van der Waals surface area contributed by atoms with Gasteiger partial charge in [0.1, 0.15) is 7.85 Å². The van der Waals surface area contributed by atoms with Crippen molar-refractivity contribution in [2.45, 2.75) is 19.2 Å². The van der Waals surface area contributed by atoms with E-state index in [1.165, 1.54) is 7.11 Å². The van der Waals surface area contributed by atoms with E-state index in [4.69, 9.17) is 0 Å². The Balaban J connectivity index is 3.46. The summed E-state index contributed by atoms with van der Waals surface area (Å²) in [4.78, 5) is 10.5. The molecule has 0 aromatic rings. The summed E-state index contributed by atoms with van der Waals surface area (Å²) in [7, 11) is 3.26. The molecule has 0 aromatic heterocycles. The number of hydrogen-bond donors (Lipinski definition) is 0. The van der Waals surface area contributed by atoms with Crippen LogP contribution in [0.4, 0.5) is 0 Å². The third kappa shape index (κ3) is 2.00. The van der Waals surface area contributed by atoms with E-state index in [-0.39, 0.29) is 11.8 Å². The highest BCUT2D eigenvalue weighted by Crippen LogP contribution is 2.04. The first-order chi connectivity index (χ1) is 3.72. The lowest BCUT2D eigenvalue weighted by Gasteiger charge is -2.02. The summed E-state index contributed by atoms with van der Waals surface area (Å²) in [6.45, 7) is 1.96. The third-order valence-corrected chi connectivity index (χ3v) is 1.22. The Hall–Kier alpha value is -0.465. The predicted molar refractivity (Wildman–Crippen MR) is 34.6 cm³/mol. The summed E-state index contributed by atoms with van der Waals surface area (Å²) in [6.07, 6.45) is 0.854. The van der Waals surface area contributed by atoms with E-state index >= 15 is 0 Å². The van der Waals surface area contributed by atoms with Gasteiger partial charge in [-0.25, -0.2) is 0 Å². The third-order valence-electron chi connectivity index (χ3n) is 1.22. The first kappa shape index (κ1) is 7.53. The summed E-state index contributed by atoms with van der Waals surface area (Å²) in [5.41, 5.74) is 0. The zero-order valence-corrected chi connectivity index (χ0v) is 5.60. The Labute approximate surface area is 50.6 Å². The monoisotopic (exact) mass is 114 g/mol. The quantitative estimate of drug-likeness (QED) is 0.372. The van der Waals surface area contributed by atoms with Crippen molar-refractivity contribution in [3.8, 4) is 0 Å². The molecule has 1 atom stereocenters. The standard InChI is InChI=1S/C5H11BO2/c1-3-4(6)5(7)8-2/h4H,3,6H2,1-2H3. The molecular formula is C5H11BO2. The molecule has 0 aliphatic heterocycles. The van der Waals surface area contributed by atoms with Crippen LogP contribution in [-0.2, 0) is 9.53 Å². The molecule has 0 rings (SSSR count). The lowest BCUT2D eigenvalue weighted by Crippen LogP contribution is -2.08. The Bertz CT molecular complexity index is 82.5. The Morgan fingerprint density at radius 2 is 2.38 bits per heavy atom. The summed E-state index contributed by atoms with van der Waals surface area (Å²) in [5, 5.41) is 0. The van der Waals surface area contributed by atoms with Gasteiger partial charge in [-0.3, -0.25) is 4.79 Å². The minimum Gasteiger partial charge on any atom is -0.469 e. The fraction of sp³-hybridized carbons (Fsp3) is 0.800. The second-order valence-corrected chi connectivity index (χ2v) is 1.83. The van der Waals surface area contributed by atoms with E-state index in [9.17, 15) is 4.79 Å². The summed E-state index contributed by atoms with van der Waals surface area (Å²) in [5.74, 6) is -0.0625.